The van der Waals surface area contributed by atoms with Gasteiger partial charge in [0.15, 0.2) is 5.96 Å². The Balaban J connectivity index is -0.000000565. The molecule has 0 aromatic rings. The smallest absolute Gasteiger partial charge is 0.333 e. The summed E-state index contributed by atoms with van der Waals surface area (Å²) in [6.07, 6.45) is 1.77. The summed E-state index contributed by atoms with van der Waals surface area (Å²) in [6.45, 7) is 3.33. The van der Waals surface area contributed by atoms with Crippen LogP contribution in [0.3, 0.4) is 0 Å². The molecule has 41 heavy (non-hydrogen) atoms. The Labute approximate surface area is 237 Å². The van der Waals surface area contributed by atoms with Crippen LogP contribution in [0.2, 0.25) is 0 Å². The molecule has 19 heteroatoms. The summed E-state index contributed by atoms with van der Waals surface area (Å²) in [5.41, 5.74) is 41.7. The monoisotopic (exact) mass is 597 g/mol. The fourth-order valence-corrected chi connectivity index (χ4v) is 2.08. The average Bonchev–Trinajstić information content (AvgIpc) is 2.89. The van der Waals surface area contributed by atoms with Gasteiger partial charge in [-0.25, -0.2) is 9.59 Å². The van der Waals surface area contributed by atoms with Crippen molar-refractivity contribution in [1.29, 1.82) is 0 Å². The van der Waals surface area contributed by atoms with Crippen LogP contribution >= 0.6 is 0 Å². The van der Waals surface area contributed by atoms with Gasteiger partial charge in [0, 0.05) is 6.54 Å². The molecule has 0 fully saturated rings. The molecule has 0 spiro atoms. The van der Waals surface area contributed by atoms with E-state index in [0.717, 1.165) is 12.8 Å². The molecule has 0 aromatic heterocycles. The van der Waals surface area contributed by atoms with E-state index in [0.29, 0.717) is 25.9 Å². The molecule has 0 aromatic carbocycles. The molecule has 0 bridgehead atoms. The molecule has 0 amide bonds. The number of carboxylic acids is 2. The number of carbonyl (C=O) groups is 5. The lowest BCUT2D eigenvalue weighted by Gasteiger charge is -2.14. The predicted octanol–water partition coefficient (Wildman–Crippen LogP) is -5.04. The second kappa shape index (κ2) is 24.3. The van der Waals surface area contributed by atoms with E-state index in [4.69, 9.17) is 61.2 Å². The molecule has 0 rings (SSSR count). The van der Waals surface area contributed by atoms with Gasteiger partial charge in [-0.3, -0.25) is 19.4 Å². The number of aliphatic hydroxyl groups is 1. The summed E-state index contributed by atoms with van der Waals surface area (Å²) in [5, 5.41) is 25.7. The number of aliphatic carboxylic acids is 2. The average molecular weight is 598 g/mol. The number of carbonyl (C=O) groups excluding carboxylic acids is 3. The van der Waals surface area contributed by atoms with Crippen LogP contribution in [0.25, 0.3) is 0 Å². The fraction of sp³-hybridized carbons (Fsp3) is 0.727. The van der Waals surface area contributed by atoms with Crippen molar-refractivity contribution in [3.05, 3.63) is 0 Å². The van der Waals surface area contributed by atoms with Crippen LogP contribution < -0.4 is 45.9 Å². The predicted molar refractivity (Wildman–Crippen MR) is 147 cm³/mol. The van der Waals surface area contributed by atoms with Crippen molar-refractivity contribution < 1.29 is 48.8 Å². The lowest BCUT2D eigenvalue weighted by molar-refractivity contribution is -0.163. The zero-order valence-corrected chi connectivity index (χ0v) is 23.4. The molecule has 0 saturated carbocycles. The number of rotatable bonds is 16. The van der Waals surface area contributed by atoms with E-state index in [1.54, 1.807) is 0 Å². The second-order valence-corrected chi connectivity index (χ2v) is 8.65. The minimum Gasteiger partial charge on any atom is -0.480 e. The molecule has 0 radical (unpaired) electrons. The number of guanidine groups is 1. The first-order valence-corrected chi connectivity index (χ1v) is 12.5. The Bertz CT molecular complexity index is 824. The molecule has 19 N–H and O–H groups in total. The number of carboxylic acid groups (broad SMARTS) is 2. The van der Waals surface area contributed by atoms with E-state index >= 15 is 0 Å². The molecule has 0 aliphatic heterocycles. The summed E-state index contributed by atoms with van der Waals surface area (Å²) in [4.78, 5) is 57.4. The van der Waals surface area contributed by atoms with E-state index in [9.17, 15) is 24.0 Å². The summed E-state index contributed by atoms with van der Waals surface area (Å²) in [7, 11) is 0. The van der Waals surface area contributed by atoms with Gasteiger partial charge in [0.05, 0.1) is 6.10 Å². The van der Waals surface area contributed by atoms with Crippen LogP contribution in [-0.4, -0.2) is 107 Å². The maximum absolute atomic E-state index is 11.4. The molecule has 0 aliphatic rings. The Kier molecular flexibility index (Phi) is 24.9. The van der Waals surface area contributed by atoms with Crippen molar-refractivity contribution in [1.82, 2.24) is 0 Å². The summed E-state index contributed by atoms with van der Waals surface area (Å²) in [5.74, 6) is -4.77. The quantitative estimate of drug-likeness (QED) is 0.0260. The fourth-order valence-electron chi connectivity index (χ4n) is 2.08. The molecule has 0 aliphatic carbocycles. The largest absolute Gasteiger partial charge is 0.480 e. The van der Waals surface area contributed by atoms with Gasteiger partial charge in [-0.15, -0.1) is 0 Å². The SMILES string of the molecule is C[C@@H](O)[C@H](N)C(=O)OC(=O)[C@@H](N)CCCN=C(N)N.C[C@H](N)C(=O)OC[C@H](N)C(=O)O.NCCCC[C@H](N)C(=O)O. The van der Waals surface area contributed by atoms with Crippen molar-refractivity contribution >= 4 is 35.8 Å². The molecular formula is C22H47N9O10. The normalized spacial score (nSPS) is 14.6. The first kappa shape index (κ1) is 42.0. The highest BCUT2D eigenvalue weighted by Gasteiger charge is 2.25. The lowest BCUT2D eigenvalue weighted by Crippen LogP contribution is -2.44. The zero-order valence-electron chi connectivity index (χ0n) is 23.4. The van der Waals surface area contributed by atoms with Crippen molar-refractivity contribution in [3.8, 4) is 0 Å². The number of ether oxygens (including phenoxy) is 2. The summed E-state index contributed by atoms with van der Waals surface area (Å²) < 4.78 is 8.90. The third-order valence-electron chi connectivity index (χ3n) is 4.64. The van der Waals surface area contributed by atoms with Gasteiger partial charge in [0.25, 0.3) is 0 Å². The Morgan fingerprint density at radius 3 is 1.68 bits per heavy atom. The summed E-state index contributed by atoms with van der Waals surface area (Å²) in [6, 6.07) is -4.91. The van der Waals surface area contributed by atoms with Crippen LogP contribution in [0.4, 0.5) is 0 Å². The van der Waals surface area contributed by atoms with Gasteiger partial charge in [0.2, 0.25) is 0 Å². The van der Waals surface area contributed by atoms with Gasteiger partial charge < -0.3 is 70.7 Å². The van der Waals surface area contributed by atoms with Gasteiger partial charge in [0.1, 0.15) is 36.8 Å². The summed E-state index contributed by atoms with van der Waals surface area (Å²) >= 11 is 0. The number of esters is 3. The molecule has 19 nitrogen and oxygen atoms in total. The molecule has 0 saturated heterocycles. The van der Waals surface area contributed by atoms with E-state index in [-0.39, 0.29) is 19.0 Å². The van der Waals surface area contributed by atoms with Crippen molar-refractivity contribution in [2.24, 2.45) is 50.9 Å². The number of nitrogens with two attached hydrogens (primary N) is 8. The Morgan fingerprint density at radius 2 is 1.27 bits per heavy atom. The Hall–Kier alpha value is -3.46. The van der Waals surface area contributed by atoms with Crippen LogP contribution in [0.5, 0.6) is 0 Å². The highest BCUT2D eigenvalue weighted by molar-refractivity contribution is 5.90. The number of hydrogen-bond donors (Lipinski definition) is 11. The highest BCUT2D eigenvalue weighted by atomic mass is 16.6. The molecule has 240 valence electrons. The third-order valence-corrected chi connectivity index (χ3v) is 4.64. The van der Waals surface area contributed by atoms with Gasteiger partial charge in [-0.2, -0.15) is 0 Å². The van der Waals surface area contributed by atoms with Crippen LogP contribution in [0.1, 0.15) is 46.0 Å². The first-order valence-electron chi connectivity index (χ1n) is 12.5. The molecule has 6 atom stereocenters. The molecular weight excluding hydrogens is 550 g/mol. The van der Waals surface area contributed by atoms with Crippen LogP contribution in [0, 0.1) is 0 Å². The van der Waals surface area contributed by atoms with Gasteiger partial charge >= 0.3 is 29.8 Å². The van der Waals surface area contributed by atoms with E-state index in [2.05, 4.69) is 14.5 Å². The van der Waals surface area contributed by atoms with E-state index in [1.807, 2.05) is 0 Å². The number of aliphatic hydroxyl groups excluding tert-OH is 1. The van der Waals surface area contributed by atoms with Crippen molar-refractivity contribution in [2.45, 2.75) is 82.3 Å². The topological polar surface area (TPSA) is 385 Å². The second-order valence-electron chi connectivity index (χ2n) is 8.65. The minimum atomic E-state index is -1.28. The zero-order chi connectivity index (χ0) is 32.7. The molecule has 0 heterocycles. The maximum Gasteiger partial charge on any atom is 0.333 e. The first-order chi connectivity index (χ1) is 18.9. The van der Waals surface area contributed by atoms with E-state index < -0.39 is 66.2 Å². The lowest BCUT2D eigenvalue weighted by atomic mass is 10.1. The third kappa shape index (κ3) is 25.3. The van der Waals surface area contributed by atoms with Crippen LogP contribution in [-0.2, 0) is 33.4 Å². The standard InChI is InChI=1S/C10H21N5O4.C6H12N2O4.C6H14N2O2/c1-5(16)7(12)9(18)19-8(17)6(11)3-2-4-15-10(13)14;1-3(7)6(11)12-2-4(8)5(9)10;7-4-2-1-3-5(8)6(9)10/h5-7,16H,2-4,11-12H2,1H3,(H4,13,14,15);3-4H,2,7-8H2,1H3,(H,9,10);5H,1-4,7-8H2,(H,9,10)/t5-,6+,7+;3-,4-;5-/m100/s1. The van der Waals surface area contributed by atoms with Gasteiger partial charge in [-0.05, 0) is 46.1 Å². The number of hydrogen-bond acceptors (Lipinski definition) is 15. The van der Waals surface area contributed by atoms with Crippen molar-refractivity contribution in [3.63, 3.8) is 0 Å². The van der Waals surface area contributed by atoms with Crippen LogP contribution in [0.15, 0.2) is 4.99 Å². The maximum atomic E-state index is 11.4. The minimum absolute atomic E-state index is 0.0470. The van der Waals surface area contributed by atoms with E-state index in [1.165, 1.54) is 13.8 Å². The van der Waals surface area contributed by atoms with Crippen molar-refractivity contribution in [2.75, 3.05) is 19.7 Å². The number of unbranched alkanes of at least 4 members (excludes halogenated alkanes) is 1. The Morgan fingerprint density at radius 1 is 0.756 bits per heavy atom. The van der Waals surface area contributed by atoms with Gasteiger partial charge in [-0.1, -0.05) is 6.42 Å². The molecule has 0 unspecified atom stereocenters. The number of aliphatic imine (C=N–C) groups is 1. The number of nitrogens with zero attached hydrogens (tertiary/aromatic N) is 1. The highest BCUT2D eigenvalue weighted by Crippen LogP contribution is 2.01.